The molecule has 0 unspecified atom stereocenters. The molecule has 1 aliphatic heterocycles. The number of allylic oxidation sites excluding steroid dienone is 3. The zero-order chi connectivity index (χ0) is 24.5. The summed E-state index contributed by atoms with van der Waals surface area (Å²) >= 11 is 0. The number of hydrogen-bond donors (Lipinski definition) is 2. The van der Waals surface area contributed by atoms with Crippen LogP contribution in [0.25, 0.3) is 17.5 Å². The second kappa shape index (κ2) is 8.87. The number of benzene rings is 1. The average molecular weight is 464 g/mol. The van der Waals surface area contributed by atoms with Crippen molar-refractivity contribution in [2.75, 3.05) is 0 Å². The normalized spacial score (nSPS) is 13.5. The number of hydrogen-bond acceptors (Lipinski definition) is 4. The molecule has 0 radical (unpaired) electrons. The van der Waals surface area contributed by atoms with Crippen molar-refractivity contribution in [1.29, 1.82) is 0 Å². The van der Waals surface area contributed by atoms with Crippen LogP contribution in [0.5, 0.6) is 0 Å². The van der Waals surface area contributed by atoms with Gasteiger partial charge in [0.05, 0.1) is 17.4 Å². The molecule has 172 valence electrons. The van der Waals surface area contributed by atoms with Gasteiger partial charge in [-0.15, -0.1) is 0 Å². The molecule has 0 aliphatic carbocycles. The number of alkyl halides is 3. The van der Waals surface area contributed by atoms with E-state index in [0.29, 0.717) is 10.9 Å². The van der Waals surface area contributed by atoms with Gasteiger partial charge in [0.25, 0.3) is 5.91 Å². The van der Waals surface area contributed by atoms with Crippen molar-refractivity contribution >= 4 is 23.6 Å². The summed E-state index contributed by atoms with van der Waals surface area (Å²) in [4.78, 5) is 23.6. The van der Waals surface area contributed by atoms with Crippen molar-refractivity contribution in [3.8, 4) is 5.69 Å². The van der Waals surface area contributed by atoms with Crippen molar-refractivity contribution < 1.29 is 31.5 Å². The summed E-state index contributed by atoms with van der Waals surface area (Å²) in [6, 6.07) is 4.22. The molecule has 33 heavy (non-hydrogen) atoms. The van der Waals surface area contributed by atoms with Crippen LogP contribution in [0.3, 0.4) is 0 Å². The highest BCUT2D eigenvalue weighted by Crippen LogP contribution is 2.36. The number of fused-ring (bicyclic) bond motifs is 1. The Labute approximate surface area is 184 Å². The van der Waals surface area contributed by atoms with Crippen molar-refractivity contribution in [2.45, 2.75) is 26.9 Å². The van der Waals surface area contributed by atoms with Crippen LogP contribution in [-0.4, -0.2) is 21.6 Å². The van der Waals surface area contributed by atoms with Crippen LogP contribution in [0.2, 0.25) is 0 Å². The largest absolute Gasteiger partial charge is 0.434 e. The first-order valence-corrected chi connectivity index (χ1v) is 9.45. The number of halogens is 5. The first-order valence-electron chi connectivity index (χ1n) is 9.45. The van der Waals surface area contributed by atoms with Gasteiger partial charge in [0.15, 0.2) is 17.6 Å². The number of aromatic nitrogens is 2. The topological polar surface area (TPSA) is 76.0 Å². The zero-order valence-corrected chi connectivity index (χ0v) is 17.6. The minimum Gasteiger partial charge on any atom is -0.352 e. The van der Waals surface area contributed by atoms with Gasteiger partial charge in [0.2, 0.25) is 0 Å². The fourth-order valence-electron chi connectivity index (χ4n) is 3.20. The molecule has 2 heterocycles. The molecule has 6 nitrogen and oxygen atoms in total. The molecule has 1 aliphatic rings. The molecule has 0 saturated heterocycles. The minimum atomic E-state index is -5.06. The van der Waals surface area contributed by atoms with E-state index in [-0.39, 0.29) is 28.1 Å². The van der Waals surface area contributed by atoms with Gasteiger partial charge in [0.1, 0.15) is 11.5 Å². The van der Waals surface area contributed by atoms with Crippen LogP contribution in [0.1, 0.15) is 48.0 Å². The summed E-state index contributed by atoms with van der Waals surface area (Å²) in [5, 5.41) is 7.99. The smallest absolute Gasteiger partial charge is 0.352 e. The lowest BCUT2D eigenvalue weighted by Gasteiger charge is -2.19. The van der Waals surface area contributed by atoms with Crippen molar-refractivity contribution in [3.63, 3.8) is 0 Å². The second-order valence-corrected chi connectivity index (χ2v) is 7.22. The lowest BCUT2D eigenvalue weighted by molar-refractivity contribution is -0.143. The van der Waals surface area contributed by atoms with Gasteiger partial charge in [-0.2, -0.15) is 22.7 Å². The predicted molar refractivity (Wildman–Crippen MR) is 111 cm³/mol. The summed E-state index contributed by atoms with van der Waals surface area (Å²) in [7, 11) is 0. The molecule has 1 amide bonds. The quantitative estimate of drug-likeness (QED) is 0.294. The number of nitrogens with one attached hydrogen (secondary N) is 2. The van der Waals surface area contributed by atoms with E-state index in [4.69, 9.17) is 0 Å². The first kappa shape index (κ1) is 23.7. The summed E-state index contributed by atoms with van der Waals surface area (Å²) in [6.45, 7) is 3.78. The Balaban J connectivity index is 2.14. The van der Waals surface area contributed by atoms with Gasteiger partial charge in [-0.3, -0.25) is 10.1 Å². The lowest BCUT2D eigenvalue weighted by atomic mass is 10.0. The Bertz CT molecular complexity index is 1270. The van der Waals surface area contributed by atoms with E-state index in [1.165, 1.54) is 44.3 Å². The fourth-order valence-corrected chi connectivity index (χ4v) is 3.20. The number of carbonyl (C=O) groups is 1. The van der Waals surface area contributed by atoms with E-state index in [1.54, 1.807) is 11.3 Å². The Kier molecular flexibility index (Phi) is 6.37. The van der Waals surface area contributed by atoms with Gasteiger partial charge in [-0.05, 0) is 38.5 Å². The number of amides is 1. The van der Waals surface area contributed by atoms with Gasteiger partial charge in [0, 0.05) is 22.9 Å². The van der Waals surface area contributed by atoms with E-state index in [2.05, 4.69) is 10.4 Å². The van der Waals surface area contributed by atoms with Crippen molar-refractivity contribution in [2.24, 2.45) is 0 Å². The molecule has 2 N–H and O–H groups in total. The molecule has 0 saturated carbocycles. The van der Waals surface area contributed by atoms with Crippen LogP contribution in [0.4, 0.5) is 22.0 Å². The minimum absolute atomic E-state index is 0.0111. The molecule has 1 aromatic carbocycles. The molecule has 0 bridgehead atoms. The highest BCUT2D eigenvalue weighted by Gasteiger charge is 2.41. The Morgan fingerprint density at radius 1 is 1.18 bits per heavy atom. The van der Waals surface area contributed by atoms with E-state index in [9.17, 15) is 31.5 Å². The molecule has 1 aromatic heterocycles. The maximum Gasteiger partial charge on any atom is 0.434 e. The zero-order valence-electron chi connectivity index (χ0n) is 17.6. The van der Waals surface area contributed by atoms with Crippen molar-refractivity contribution in [1.82, 2.24) is 20.4 Å². The molecular formula is C22H17F5N4O2. The van der Waals surface area contributed by atoms with Crippen LogP contribution in [0.15, 0.2) is 53.5 Å². The van der Waals surface area contributed by atoms with E-state index >= 15 is 0 Å². The third-order valence-electron chi connectivity index (χ3n) is 4.76. The number of nitrogens with zero attached hydrogens (tertiary/aromatic N) is 2. The van der Waals surface area contributed by atoms with Gasteiger partial charge >= 0.3 is 6.18 Å². The lowest BCUT2D eigenvalue weighted by Crippen LogP contribution is -2.26. The molecule has 0 atom stereocenters. The van der Waals surface area contributed by atoms with Crippen LogP contribution in [0, 0.1) is 0 Å². The Hall–Kier alpha value is -3.98. The third-order valence-corrected chi connectivity index (χ3v) is 4.76. The van der Waals surface area contributed by atoms with Crippen LogP contribution >= 0.6 is 0 Å². The maximum atomic E-state index is 14.3. The summed E-state index contributed by atoms with van der Waals surface area (Å²) < 4.78 is 70.7. The fraction of sp³-hybridized carbons (Fsp3) is 0.182. The van der Waals surface area contributed by atoms with E-state index in [0.717, 1.165) is 6.92 Å². The average Bonchev–Trinajstić information content (AvgIpc) is 3.22. The molecule has 3 rings (SSSR count). The molecule has 0 fully saturated rings. The summed E-state index contributed by atoms with van der Waals surface area (Å²) in [6.07, 6.45) is -1.65. The Morgan fingerprint density at radius 2 is 1.88 bits per heavy atom. The highest BCUT2D eigenvalue weighted by atomic mass is 19.4. The molecular weight excluding hydrogens is 447 g/mol. The van der Waals surface area contributed by atoms with E-state index < -0.39 is 40.7 Å². The number of rotatable bonds is 4. The van der Waals surface area contributed by atoms with Gasteiger partial charge in [-0.25, -0.2) is 13.9 Å². The summed E-state index contributed by atoms with van der Waals surface area (Å²) in [5.74, 6) is -2.15. The SMILES string of the molecule is CC(C)=C(F)/C(C)=C(\F)NC(=O)c1cnn(-c2cccc3c2C=CNC3=C=O)c1C(F)(F)F. The number of carbonyl (C=O) groups excluding carboxylic acids is 2. The highest BCUT2D eigenvalue weighted by molar-refractivity contribution is 5.97. The molecule has 0 spiro atoms. The molecule has 11 heteroatoms. The second-order valence-electron chi connectivity index (χ2n) is 7.22. The van der Waals surface area contributed by atoms with Crippen molar-refractivity contribution in [3.05, 3.63) is 75.9 Å². The van der Waals surface area contributed by atoms with Crippen LogP contribution < -0.4 is 10.6 Å². The van der Waals surface area contributed by atoms with Crippen LogP contribution in [-0.2, 0) is 11.0 Å². The van der Waals surface area contributed by atoms with E-state index in [1.807, 2.05) is 0 Å². The predicted octanol–water partition coefficient (Wildman–Crippen LogP) is 4.83. The van der Waals surface area contributed by atoms with Gasteiger partial charge < -0.3 is 5.32 Å². The van der Waals surface area contributed by atoms with Gasteiger partial charge in [-0.1, -0.05) is 12.1 Å². The summed E-state index contributed by atoms with van der Waals surface area (Å²) in [5.41, 5.74) is -2.43. The third kappa shape index (κ3) is 4.49. The maximum absolute atomic E-state index is 14.3. The first-order chi connectivity index (χ1) is 15.5. The standard InChI is InChI=1S/C22H17F5N4O2/c1-11(2)18(23)12(3)20(24)30-21(33)15-9-29-31(19(15)22(25,26)27)17-6-4-5-13-14(17)7-8-28-16(13)10-32/h4-9,28H,1-3H3,(H,30,33)/b20-12+. The monoisotopic (exact) mass is 464 g/mol. The Morgan fingerprint density at radius 3 is 2.48 bits per heavy atom. The molecule has 2 aromatic rings.